The van der Waals surface area contributed by atoms with E-state index in [0.29, 0.717) is 12.8 Å². The molecule has 2 atom stereocenters. The van der Waals surface area contributed by atoms with Crippen LogP contribution in [0.5, 0.6) is 0 Å². The van der Waals surface area contributed by atoms with Crippen molar-refractivity contribution in [1.82, 2.24) is 5.32 Å². The van der Waals surface area contributed by atoms with E-state index in [0.717, 1.165) is 0 Å². The number of carbonyl (C=O) groups excluding carboxylic acids is 3. The number of hydrogen-bond donors (Lipinski definition) is 1. The second-order valence-corrected chi connectivity index (χ2v) is 4.09. The standard InChI is InChI=1S/C13H21N3O5/c1-4-20-8-12(18)16-11(13(19)21-9(2)3)6-5-10(17)7-15-14/h7,9,11H,4-6,8H2,1-3H3,(H,16,18)/t11-/m0/s1/i2D3/t9?,11-. The van der Waals surface area contributed by atoms with Crippen LogP contribution in [0.15, 0.2) is 0 Å². The zero-order chi connectivity index (χ0) is 18.8. The van der Waals surface area contributed by atoms with E-state index in [-0.39, 0.29) is 19.4 Å². The van der Waals surface area contributed by atoms with Gasteiger partial charge in [-0.1, -0.05) is 0 Å². The predicted molar refractivity (Wildman–Crippen MR) is 73.6 cm³/mol. The Morgan fingerprint density at radius 3 is 2.76 bits per heavy atom. The second-order valence-electron chi connectivity index (χ2n) is 4.09. The molecule has 0 aliphatic rings. The molecular formula is C13H21N3O5. The highest BCUT2D eigenvalue weighted by atomic mass is 16.5. The Morgan fingerprint density at radius 2 is 2.19 bits per heavy atom. The second kappa shape index (κ2) is 10.7. The highest BCUT2D eigenvalue weighted by molar-refractivity contribution is 6.25. The molecule has 8 nitrogen and oxygen atoms in total. The molecule has 1 N–H and O–H groups in total. The first-order valence-electron chi connectivity index (χ1n) is 7.89. The fraction of sp³-hybridized carbons (Fsp3) is 0.692. The summed E-state index contributed by atoms with van der Waals surface area (Å²) in [4.78, 5) is 37.6. The quantitative estimate of drug-likeness (QED) is 0.266. The molecule has 0 spiro atoms. The predicted octanol–water partition coefficient (Wildman–Crippen LogP) is 0.109. The fourth-order valence-electron chi connectivity index (χ4n) is 1.35. The molecule has 0 radical (unpaired) electrons. The van der Waals surface area contributed by atoms with Crippen molar-refractivity contribution in [3.8, 4) is 0 Å². The van der Waals surface area contributed by atoms with Crippen molar-refractivity contribution in [2.24, 2.45) is 0 Å². The lowest BCUT2D eigenvalue weighted by Gasteiger charge is -2.18. The summed E-state index contributed by atoms with van der Waals surface area (Å²) in [5, 5.41) is 2.32. The van der Waals surface area contributed by atoms with Crippen molar-refractivity contribution >= 4 is 23.9 Å². The van der Waals surface area contributed by atoms with Crippen LogP contribution >= 0.6 is 0 Å². The Balaban J connectivity index is 4.88. The molecule has 8 heteroatoms. The maximum absolute atomic E-state index is 12.1. The molecular weight excluding hydrogens is 278 g/mol. The molecule has 0 aromatic rings. The van der Waals surface area contributed by atoms with E-state index in [1.165, 1.54) is 6.92 Å². The van der Waals surface area contributed by atoms with Gasteiger partial charge >= 0.3 is 12.2 Å². The van der Waals surface area contributed by atoms with Crippen molar-refractivity contribution in [3.05, 3.63) is 5.53 Å². The monoisotopic (exact) mass is 302 g/mol. The summed E-state index contributed by atoms with van der Waals surface area (Å²) in [7, 11) is 0. The Bertz CT molecular complexity index is 504. The van der Waals surface area contributed by atoms with Gasteiger partial charge in [-0.15, -0.1) is 0 Å². The minimum atomic E-state index is -2.51. The van der Waals surface area contributed by atoms with Crippen molar-refractivity contribution in [2.75, 3.05) is 13.2 Å². The summed E-state index contributed by atoms with van der Waals surface area (Å²) in [5.74, 6) is -2.15. The van der Waals surface area contributed by atoms with E-state index < -0.39 is 36.7 Å². The van der Waals surface area contributed by atoms with Gasteiger partial charge in [-0.05, 0) is 27.1 Å². The number of nitrogens with one attached hydrogen (secondary N) is 1. The molecule has 21 heavy (non-hydrogen) atoms. The normalized spacial score (nSPS) is 15.4. The summed E-state index contributed by atoms with van der Waals surface area (Å²) in [6.07, 6.45) is -1.06. The van der Waals surface area contributed by atoms with Crippen LogP contribution < -0.4 is 5.32 Å². The maximum atomic E-state index is 12.1. The van der Waals surface area contributed by atoms with Crippen LogP contribution in [0.1, 0.15) is 37.7 Å². The van der Waals surface area contributed by atoms with E-state index in [1.807, 2.05) is 0 Å². The van der Waals surface area contributed by atoms with Crippen LogP contribution in [-0.4, -0.2) is 54.0 Å². The van der Waals surface area contributed by atoms with Crippen LogP contribution in [-0.2, 0) is 23.9 Å². The summed E-state index contributed by atoms with van der Waals surface area (Å²) in [5.41, 5.74) is 8.27. The molecule has 0 aliphatic heterocycles. The zero-order valence-corrected chi connectivity index (χ0v) is 12.0. The van der Waals surface area contributed by atoms with Crippen LogP contribution in [0.4, 0.5) is 0 Å². The summed E-state index contributed by atoms with van der Waals surface area (Å²) in [6.45, 7) is 0.387. The number of nitrogens with zero attached hydrogens (tertiary/aromatic N) is 2. The van der Waals surface area contributed by atoms with Gasteiger partial charge in [0.2, 0.25) is 11.7 Å². The SMILES string of the molecule is [2H]C([2H])([2H])C(C)OC(=O)[C@H](CCC(=O)C=[N+]=[N-])NC(=O)COCC. The van der Waals surface area contributed by atoms with Crippen LogP contribution in [0.25, 0.3) is 5.53 Å². The summed E-state index contributed by atoms with van der Waals surface area (Å²) < 4.78 is 31.3. The maximum Gasteiger partial charge on any atom is 0.328 e. The topological polar surface area (TPSA) is 118 Å². The zero-order valence-electron chi connectivity index (χ0n) is 15.0. The van der Waals surface area contributed by atoms with Gasteiger partial charge in [-0.25, -0.2) is 4.79 Å². The average Bonchev–Trinajstić information content (AvgIpc) is 2.48. The van der Waals surface area contributed by atoms with Crippen LogP contribution in [0.3, 0.4) is 0 Å². The molecule has 0 aromatic heterocycles. The first-order chi connectivity index (χ1) is 11.1. The largest absolute Gasteiger partial charge is 0.461 e. The minimum Gasteiger partial charge on any atom is -0.461 e. The third-order valence-electron chi connectivity index (χ3n) is 2.23. The molecule has 0 aromatic carbocycles. The van der Waals surface area contributed by atoms with Crippen molar-refractivity contribution in [3.63, 3.8) is 0 Å². The van der Waals surface area contributed by atoms with Crippen LogP contribution in [0.2, 0.25) is 0 Å². The molecule has 0 fully saturated rings. The average molecular weight is 302 g/mol. The smallest absolute Gasteiger partial charge is 0.328 e. The van der Waals surface area contributed by atoms with Gasteiger partial charge in [-0.2, -0.15) is 4.79 Å². The van der Waals surface area contributed by atoms with Gasteiger partial charge in [0.25, 0.3) is 0 Å². The van der Waals surface area contributed by atoms with Gasteiger partial charge in [-0.3, -0.25) is 9.59 Å². The highest BCUT2D eigenvalue weighted by Gasteiger charge is 2.24. The van der Waals surface area contributed by atoms with Gasteiger partial charge in [0.05, 0.1) is 6.10 Å². The Kier molecular flexibility index (Phi) is 7.09. The number of rotatable bonds is 10. The number of esters is 1. The number of hydrogen-bond acceptors (Lipinski definition) is 5. The Morgan fingerprint density at radius 1 is 1.48 bits per heavy atom. The molecule has 0 heterocycles. The highest BCUT2D eigenvalue weighted by Crippen LogP contribution is 2.03. The van der Waals surface area contributed by atoms with E-state index >= 15 is 0 Å². The number of Topliss-reactive ketones (excluding diaryl/α,β-unsaturated/α-hetero) is 1. The summed E-state index contributed by atoms with van der Waals surface area (Å²) >= 11 is 0. The molecule has 0 rings (SSSR count). The first-order valence-corrected chi connectivity index (χ1v) is 6.39. The molecule has 1 unspecified atom stereocenters. The summed E-state index contributed by atoms with van der Waals surface area (Å²) in [6, 6.07) is -1.22. The molecule has 0 saturated heterocycles. The first kappa shape index (κ1) is 13.9. The van der Waals surface area contributed by atoms with E-state index in [1.54, 1.807) is 6.92 Å². The van der Waals surface area contributed by atoms with Gasteiger partial charge < -0.3 is 20.3 Å². The van der Waals surface area contributed by atoms with E-state index in [9.17, 15) is 14.4 Å². The molecule has 0 aliphatic carbocycles. The number of ether oxygens (including phenoxy) is 2. The number of carbonyl (C=O) groups is 3. The third kappa shape index (κ3) is 9.48. The Labute approximate surface area is 127 Å². The van der Waals surface area contributed by atoms with Crippen LogP contribution in [0, 0.1) is 0 Å². The van der Waals surface area contributed by atoms with Gasteiger partial charge in [0, 0.05) is 17.1 Å². The van der Waals surface area contributed by atoms with E-state index in [2.05, 4.69) is 10.1 Å². The van der Waals surface area contributed by atoms with Crippen molar-refractivity contribution in [2.45, 2.75) is 45.7 Å². The van der Waals surface area contributed by atoms with E-state index in [4.69, 9.17) is 19.1 Å². The number of ketones is 1. The van der Waals surface area contributed by atoms with Crippen molar-refractivity contribution in [1.29, 1.82) is 0 Å². The molecule has 0 saturated carbocycles. The lowest BCUT2D eigenvalue weighted by atomic mass is 10.1. The lowest BCUT2D eigenvalue weighted by Crippen LogP contribution is -2.44. The fourth-order valence-corrected chi connectivity index (χ4v) is 1.35. The van der Waals surface area contributed by atoms with Gasteiger partial charge in [0.15, 0.2) is 0 Å². The van der Waals surface area contributed by atoms with Crippen molar-refractivity contribution < 1.29 is 32.8 Å². The third-order valence-corrected chi connectivity index (χ3v) is 2.23. The molecule has 0 bridgehead atoms. The minimum absolute atomic E-state index is 0.144. The van der Waals surface area contributed by atoms with Gasteiger partial charge in [0.1, 0.15) is 12.6 Å². The molecule has 118 valence electrons. The molecule has 1 amide bonds. The lowest BCUT2D eigenvalue weighted by molar-refractivity contribution is -0.152. The number of amides is 1. The Hall–Kier alpha value is -2.05.